The van der Waals surface area contributed by atoms with Gasteiger partial charge in [0.1, 0.15) is 11.3 Å². The van der Waals surface area contributed by atoms with Crippen molar-refractivity contribution in [2.75, 3.05) is 13.2 Å². The first-order valence-electron chi connectivity index (χ1n) is 7.45. The summed E-state index contributed by atoms with van der Waals surface area (Å²) in [6.45, 7) is 2.55. The van der Waals surface area contributed by atoms with Gasteiger partial charge in [-0.2, -0.15) is 0 Å². The molecule has 4 nitrogen and oxygen atoms in total. The zero-order chi connectivity index (χ0) is 15.7. The smallest absolute Gasteiger partial charge is 0.148 e. The van der Waals surface area contributed by atoms with Gasteiger partial charge in [0.25, 0.3) is 0 Å². The number of benzene rings is 1. The van der Waals surface area contributed by atoms with Crippen molar-refractivity contribution in [1.29, 1.82) is 0 Å². The quantitative estimate of drug-likeness (QED) is 0.458. The Bertz CT molecular complexity index is 397. The summed E-state index contributed by atoms with van der Waals surface area (Å²) in [5, 5.41) is 18.6. The van der Waals surface area contributed by atoms with Crippen LogP contribution >= 0.6 is 11.6 Å². The number of alkyl halides is 1. The van der Waals surface area contributed by atoms with Crippen LogP contribution in [0.1, 0.15) is 38.2 Å². The van der Waals surface area contributed by atoms with E-state index >= 15 is 0 Å². The molecule has 0 fully saturated rings. The molecular weight excluding hydrogens is 290 g/mol. The highest BCUT2D eigenvalue weighted by atomic mass is 35.5. The lowest BCUT2D eigenvalue weighted by molar-refractivity contribution is 0.0887. The van der Waals surface area contributed by atoms with Gasteiger partial charge < -0.3 is 20.7 Å². The van der Waals surface area contributed by atoms with Gasteiger partial charge in [-0.05, 0) is 37.0 Å². The molecule has 2 unspecified atom stereocenters. The molecule has 0 aliphatic rings. The Morgan fingerprint density at radius 2 is 1.95 bits per heavy atom. The van der Waals surface area contributed by atoms with Crippen molar-refractivity contribution in [3.8, 4) is 5.75 Å². The maximum Gasteiger partial charge on any atom is 0.148 e. The van der Waals surface area contributed by atoms with E-state index in [4.69, 9.17) is 22.1 Å². The molecule has 1 aromatic carbocycles. The van der Waals surface area contributed by atoms with Crippen molar-refractivity contribution in [1.82, 2.24) is 0 Å². The average Bonchev–Trinajstić information content (AvgIpc) is 2.50. The zero-order valence-electron chi connectivity index (χ0n) is 12.6. The lowest BCUT2D eigenvalue weighted by atomic mass is 9.93. The van der Waals surface area contributed by atoms with Crippen LogP contribution in [0.25, 0.3) is 0 Å². The third kappa shape index (κ3) is 6.22. The fourth-order valence-corrected chi connectivity index (χ4v) is 2.12. The van der Waals surface area contributed by atoms with Crippen LogP contribution in [-0.4, -0.2) is 34.5 Å². The summed E-state index contributed by atoms with van der Waals surface area (Å²) >= 11 is 5.61. The number of aliphatic hydroxyl groups excluding tert-OH is 2. The number of hydrogen-bond donors (Lipinski definition) is 3. The molecule has 0 spiro atoms. The second-order valence-corrected chi connectivity index (χ2v) is 5.84. The highest BCUT2D eigenvalue weighted by Gasteiger charge is 2.31. The van der Waals surface area contributed by atoms with Gasteiger partial charge in [-0.15, -0.1) is 0 Å². The average molecular weight is 316 g/mol. The van der Waals surface area contributed by atoms with E-state index in [9.17, 15) is 10.2 Å². The first kappa shape index (κ1) is 18.2. The monoisotopic (exact) mass is 315 g/mol. The molecule has 0 bridgehead atoms. The topological polar surface area (TPSA) is 75.7 Å². The van der Waals surface area contributed by atoms with Gasteiger partial charge in [0.2, 0.25) is 0 Å². The van der Waals surface area contributed by atoms with Gasteiger partial charge in [-0.1, -0.05) is 43.5 Å². The van der Waals surface area contributed by atoms with Crippen molar-refractivity contribution in [2.45, 2.75) is 50.1 Å². The summed E-state index contributed by atoms with van der Waals surface area (Å²) in [4.78, 5) is 0. The molecule has 0 amide bonds. The normalized spacial score (nSPS) is 15.5. The van der Waals surface area contributed by atoms with Crippen molar-refractivity contribution in [2.24, 2.45) is 5.73 Å². The largest absolute Gasteiger partial charge is 0.494 e. The second kappa shape index (κ2) is 9.26. The fraction of sp³-hybridized carbons (Fsp3) is 0.625. The third-order valence-corrected chi connectivity index (χ3v) is 4.02. The van der Waals surface area contributed by atoms with Crippen LogP contribution in [0, 0.1) is 0 Å². The number of halogens is 1. The number of unbranched alkanes of at least 4 members (excludes halogenated alkanes) is 2. The van der Waals surface area contributed by atoms with E-state index in [0.29, 0.717) is 12.8 Å². The molecule has 21 heavy (non-hydrogen) atoms. The SMILES string of the molecule is CCCCCOc1ccc(CCC(N)(CO)C(O)Cl)cc1. The number of aliphatic hydroxyl groups is 2. The van der Waals surface area contributed by atoms with E-state index in [1.54, 1.807) is 0 Å². The molecule has 0 aliphatic heterocycles. The first-order valence-corrected chi connectivity index (χ1v) is 7.89. The summed E-state index contributed by atoms with van der Waals surface area (Å²) in [6, 6.07) is 7.78. The first-order chi connectivity index (χ1) is 10.0. The molecule has 0 radical (unpaired) electrons. The van der Waals surface area contributed by atoms with E-state index in [1.165, 1.54) is 12.8 Å². The van der Waals surface area contributed by atoms with Crippen molar-refractivity contribution < 1.29 is 14.9 Å². The van der Waals surface area contributed by atoms with Crippen molar-refractivity contribution >= 4 is 11.6 Å². The summed E-state index contributed by atoms with van der Waals surface area (Å²) < 4.78 is 5.64. The molecule has 0 saturated carbocycles. The van der Waals surface area contributed by atoms with Crippen LogP contribution in [-0.2, 0) is 6.42 Å². The maximum atomic E-state index is 9.39. The number of aryl methyl sites for hydroxylation is 1. The van der Waals surface area contributed by atoms with Crippen LogP contribution in [0.15, 0.2) is 24.3 Å². The standard InChI is InChI=1S/C16H26ClNO3/c1-2-3-4-11-21-14-7-5-13(6-8-14)9-10-16(18,12-19)15(17)20/h5-8,15,19-20H,2-4,9-12,18H2,1H3. The van der Waals surface area contributed by atoms with Gasteiger partial charge in [0, 0.05) is 0 Å². The Labute approximate surface area is 131 Å². The lowest BCUT2D eigenvalue weighted by Gasteiger charge is -2.28. The van der Waals surface area contributed by atoms with Crippen LogP contribution < -0.4 is 10.5 Å². The van der Waals surface area contributed by atoms with E-state index in [2.05, 4.69) is 6.92 Å². The Hall–Kier alpha value is -0.810. The Kier molecular flexibility index (Phi) is 8.04. The molecule has 0 aromatic heterocycles. The van der Waals surface area contributed by atoms with Gasteiger partial charge in [-0.3, -0.25) is 0 Å². The van der Waals surface area contributed by atoms with E-state index in [0.717, 1.165) is 24.3 Å². The second-order valence-electron chi connectivity index (χ2n) is 5.43. The molecule has 0 aliphatic carbocycles. The van der Waals surface area contributed by atoms with Crippen molar-refractivity contribution in [3.63, 3.8) is 0 Å². The highest BCUT2D eigenvalue weighted by Crippen LogP contribution is 2.20. The fourth-order valence-electron chi connectivity index (χ4n) is 1.94. The third-order valence-electron chi connectivity index (χ3n) is 3.59. The molecule has 1 aromatic rings. The molecule has 0 heterocycles. The molecule has 1 rings (SSSR count). The van der Waals surface area contributed by atoms with E-state index in [1.807, 2.05) is 24.3 Å². The summed E-state index contributed by atoms with van der Waals surface area (Å²) in [5.41, 5.74) is 4.49. The lowest BCUT2D eigenvalue weighted by Crippen LogP contribution is -2.52. The summed E-state index contributed by atoms with van der Waals surface area (Å²) in [6.07, 6.45) is 4.47. The Balaban J connectivity index is 2.44. The summed E-state index contributed by atoms with van der Waals surface area (Å²) in [5.74, 6) is 0.855. The van der Waals surface area contributed by atoms with E-state index < -0.39 is 11.1 Å². The van der Waals surface area contributed by atoms with E-state index in [-0.39, 0.29) is 6.61 Å². The van der Waals surface area contributed by atoms with Gasteiger partial charge >= 0.3 is 0 Å². The van der Waals surface area contributed by atoms with Crippen molar-refractivity contribution in [3.05, 3.63) is 29.8 Å². The Morgan fingerprint density at radius 3 is 2.48 bits per heavy atom. The van der Waals surface area contributed by atoms with Crippen LogP contribution in [0.2, 0.25) is 0 Å². The van der Waals surface area contributed by atoms with Gasteiger partial charge in [0.15, 0.2) is 0 Å². The minimum Gasteiger partial charge on any atom is -0.494 e. The number of nitrogens with two attached hydrogens (primary N) is 1. The number of ether oxygens (including phenoxy) is 1. The Morgan fingerprint density at radius 1 is 1.29 bits per heavy atom. The predicted molar refractivity (Wildman–Crippen MR) is 85.6 cm³/mol. The minimum atomic E-state index is -1.26. The van der Waals surface area contributed by atoms with Crippen LogP contribution in [0.4, 0.5) is 0 Å². The van der Waals surface area contributed by atoms with Crippen LogP contribution in [0.5, 0.6) is 5.75 Å². The molecule has 120 valence electrons. The van der Waals surface area contributed by atoms with Gasteiger partial charge in [-0.25, -0.2) is 0 Å². The maximum absolute atomic E-state index is 9.39. The van der Waals surface area contributed by atoms with Gasteiger partial charge in [0.05, 0.1) is 18.8 Å². The molecule has 5 heteroatoms. The highest BCUT2D eigenvalue weighted by molar-refractivity contribution is 6.20. The minimum absolute atomic E-state index is 0.351. The van der Waals surface area contributed by atoms with Crippen LogP contribution in [0.3, 0.4) is 0 Å². The predicted octanol–water partition coefficient (Wildman–Crippen LogP) is 2.44. The molecule has 4 N–H and O–H groups in total. The molecular formula is C16H26ClNO3. The number of hydrogen-bond acceptors (Lipinski definition) is 4. The number of rotatable bonds is 10. The molecule has 0 saturated heterocycles. The molecule has 2 atom stereocenters. The zero-order valence-corrected chi connectivity index (χ0v) is 13.4. The summed E-state index contributed by atoms with van der Waals surface area (Å²) in [7, 11) is 0.